The molecular formula is C19H22F2N2O. The lowest BCUT2D eigenvalue weighted by Crippen LogP contribution is -2.30. The third-order valence-corrected chi connectivity index (χ3v) is 3.87. The number of nitrogens with one attached hydrogen (secondary N) is 1. The summed E-state index contributed by atoms with van der Waals surface area (Å²) in [5.41, 5.74) is 3.29. The third-order valence-electron chi connectivity index (χ3n) is 3.87. The van der Waals surface area contributed by atoms with Crippen molar-refractivity contribution in [1.29, 1.82) is 0 Å². The molecule has 24 heavy (non-hydrogen) atoms. The van der Waals surface area contributed by atoms with Gasteiger partial charge in [0.05, 0.1) is 6.54 Å². The zero-order valence-electron chi connectivity index (χ0n) is 14.2. The van der Waals surface area contributed by atoms with Gasteiger partial charge in [-0.25, -0.2) is 8.78 Å². The number of hydrogen-bond acceptors (Lipinski definition) is 2. The van der Waals surface area contributed by atoms with Crippen molar-refractivity contribution in [3.8, 4) is 0 Å². The van der Waals surface area contributed by atoms with Gasteiger partial charge < -0.3 is 5.32 Å². The number of aryl methyl sites for hydroxylation is 2. The van der Waals surface area contributed by atoms with Crippen LogP contribution in [-0.4, -0.2) is 24.4 Å². The summed E-state index contributed by atoms with van der Waals surface area (Å²) in [6.07, 6.45) is 0.827. The number of hydrogen-bond donors (Lipinski definition) is 1. The highest BCUT2D eigenvalue weighted by molar-refractivity contribution is 5.93. The van der Waals surface area contributed by atoms with Crippen LogP contribution in [0.5, 0.6) is 0 Å². The first-order valence-electron chi connectivity index (χ1n) is 7.91. The lowest BCUT2D eigenvalue weighted by Gasteiger charge is -2.18. The second-order valence-electron chi connectivity index (χ2n) is 5.92. The summed E-state index contributed by atoms with van der Waals surface area (Å²) < 4.78 is 26.6. The van der Waals surface area contributed by atoms with Crippen molar-refractivity contribution < 1.29 is 13.6 Å². The molecule has 0 aliphatic rings. The van der Waals surface area contributed by atoms with Gasteiger partial charge in [-0.15, -0.1) is 0 Å². The molecule has 1 amide bonds. The maximum absolute atomic E-state index is 13.7. The molecule has 2 aromatic carbocycles. The van der Waals surface area contributed by atoms with Gasteiger partial charge in [-0.2, -0.15) is 0 Å². The van der Waals surface area contributed by atoms with Gasteiger partial charge in [-0.1, -0.05) is 31.2 Å². The summed E-state index contributed by atoms with van der Waals surface area (Å²) in [7, 11) is 1.72. The molecule has 5 heteroatoms. The van der Waals surface area contributed by atoms with Crippen LogP contribution in [-0.2, 0) is 17.8 Å². The third kappa shape index (κ3) is 4.61. The molecule has 0 aliphatic carbocycles. The predicted molar refractivity (Wildman–Crippen MR) is 91.9 cm³/mol. The van der Waals surface area contributed by atoms with Crippen molar-refractivity contribution in [1.82, 2.24) is 4.90 Å². The average Bonchev–Trinajstić information content (AvgIpc) is 2.52. The van der Waals surface area contributed by atoms with Crippen molar-refractivity contribution in [3.63, 3.8) is 0 Å². The van der Waals surface area contributed by atoms with E-state index in [9.17, 15) is 13.6 Å². The molecule has 2 aromatic rings. The zero-order valence-corrected chi connectivity index (χ0v) is 14.2. The van der Waals surface area contributed by atoms with Crippen LogP contribution >= 0.6 is 0 Å². The van der Waals surface area contributed by atoms with E-state index in [0.717, 1.165) is 29.3 Å². The number of anilines is 1. The first-order valence-corrected chi connectivity index (χ1v) is 7.91. The summed E-state index contributed by atoms with van der Waals surface area (Å²) >= 11 is 0. The van der Waals surface area contributed by atoms with Gasteiger partial charge >= 0.3 is 0 Å². The first-order chi connectivity index (χ1) is 11.4. The average molecular weight is 332 g/mol. The van der Waals surface area contributed by atoms with Crippen molar-refractivity contribution in [2.75, 3.05) is 18.9 Å². The van der Waals surface area contributed by atoms with Gasteiger partial charge in [0.2, 0.25) is 5.91 Å². The number of nitrogens with zero attached hydrogens (tertiary/aromatic N) is 1. The SMILES string of the molecule is CCc1cccc(C)c1NC(=O)CN(C)Cc1ccc(F)cc1F. The second-order valence-corrected chi connectivity index (χ2v) is 5.92. The van der Waals surface area contributed by atoms with Crippen LogP contribution in [0.4, 0.5) is 14.5 Å². The Morgan fingerprint density at radius 1 is 1.17 bits per heavy atom. The molecule has 0 heterocycles. The van der Waals surface area contributed by atoms with E-state index in [-0.39, 0.29) is 19.0 Å². The second kappa shape index (κ2) is 8.02. The van der Waals surface area contributed by atoms with E-state index in [4.69, 9.17) is 0 Å². The van der Waals surface area contributed by atoms with Crippen molar-refractivity contribution in [2.45, 2.75) is 26.8 Å². The van der Waals surface area contributed by atoms with Crippen LogP contribution in [0.2, 0.25) is 0 Å². The standard InChI is InChI=1S/C19H22F2N2O/c1-4-14-7-5-6-13(2)19(14)22-18(24)12-23(3)11-15-8-9-16(20)10-17(15)21/h5-10H,4,11-12H2,1-3H3,(H,22,24). The van der Waals surface area contributed by atoms with Gasteiger partial charge in [0, 0.05) is 23.9 Å². The number of amides is 1. The predicted octanol–water partition coefficient (Wildman–Crippen LogP) is 3.91. The minimum absolute atomic E-state index is 0.119. The van der Waals surface area contributed by atoms with Crippen LogP contribution in [0.1, 0.15) is 23.6 Å². The van der Waals surface area contributed by atoms with E-state index in [0.29, 0.717) is 5.56 Å². The lowest BCUT2D eigenvalue weighted by atomic mass is 10.1. The molecule has 0 spiro atoms. The Morgan fingerprint density at radius 3 is 2.58 bits per heavy atom. The van der Waals surface area contributed by atoms with Gasteiger partial charge in [0.1, 0.15) is 11.6 Å². The molecule has 0 atom stereocenters. The molecule has 0 saturated heterocycles. The minimum atomic E-state index is -0.608. The number of likely N-dealkylation sites (N-methyl/N-ethyl adjacent to an activating group) is 1. The molecule has 0 bridgehead atoms. The number of benzene rings is 2. The summed E-state index contributed by atoms with van der Waals surface area (Å²) in [6, 6.07) is 9.37. The highest BCUT2D eigenvalue weighted by Gasteiger charge is 2.13. The summed E-state index contributed by atoms with van der Waals surface area (Å²) in [4.78, 5) is 14.0. The van der Waals surface area contributed by atoms with Gasteiger partial charge in [-0.05, 0) is 37.6 Å². The van der Waals surface area contributed by atoms with E-state index < -0.39 is 11.6 Å². The normalized spacial score (nSPS) is 10.9. The quantitative estimate of drug-likeness (QED) is 0.870. The Hall–Kier alpha value is -2.27. The fraction of sp³-hybridized carbons (Fsp3) is 0.316. The number of carbonyl (C=O) groups is 1. The summed E-state index contributed by atoms with van der Waals surface area (Å²) in [6.45, 7) is 4.34. The molecule has 2 rings (SSSR count). The van der Waals surface area contributed by atoms with Crippen LogP contribution in [0, 0.1) is 18.6 Å². The number of carbonyl (C=O) groups excluding carboxylic acids is 1. The Balaban J connectivity index is 1.99. The topological polar surface area (TPSA) is 32.3 Å². The van der Waals surface area contributed by atoms with Gasteiger partial charge in [0.15, 0.2) is 0 Å². The molecule has 128 valence electrons. The first kappa shape index (κ1) is 18.1. The molecule has 0 unspecified atom stereocenters. The summed E-state index contributed by atoms with van der Waals surface area (Å²) in [5.74, 6) is -1.37. The maximum Gasteiger partial charge on any atom is 0.238 e. The molecule has 0 fully saturated rings. The van der Waals surface area contributed by atoms with Crippen molar-refractivity contribution >= 4 is 11.6 Å². The van der Waals surface area contributed by atoms with E-state index in [1.165, 1.54) is 12.1 Å². The highest BCUT2D eigenvalue weighted by Crippen LogP contribution is 2.21. The smallest absolute Gasteiger partial charge is 0.238 e. The Bertz CT molecular complexity index is 731. The fourth-order valence-corrected chi connectivity index (χ4v) is 2.62. The highest BCUT2D eigenvalue weighted by atomic mass is 19.1. The molecule has 0 aliphatic heterocycles. The molecule has 3 nitrogen and oxygen atoms in total. The molecule has 0 saturated carbocycles. The molecule has 1 N–H and O–H groups in total. The fourth-order valence-electron chi connectivity index (χ4n) is 2.62. The Morgan fingerprint density at radius 2 is 1.92 bits per heavy atom. The largest absolute Gasteiger partial charge is 0.324 e. The zero-order chi connectivity index (χ0) is 17.7. The summed E-state index contributed by atoms with van der Waals surface area (Å²) in [5, 5.41) is 2.94. The Labute approximate surface area is 141 Å². The van der Waals surface area contributed by atoms with E-state index in [2.05, 4.69) is 5.32 Å². The lowest BCUT2D eigenvalue weighted by molar-refractivity contribution is -0.117. The van der Waals surface area contributed by atoms with E-state index in [1.807, 2.05) is 32.0 Å². The molecule has 0 radical (unpaired) electrons. The molecular weight excluding hydrogens is 310 g/mol. The van der Waals surface area contributed by atoms with Gasteiger partial charge in [0.25, 0.3) is 0 Å². The van der Waals surface area contributed by atoms with Gasteiger partial charge in [-0.3, -0.25) is 9.69 Å². The van der Waals surface area contributed by atoms with Crippen LogP contribution < -0.4 is 5.32 Å². The number of para-hydroxylation sites is 1. The van der Waals surface area contributed by atoms with Crippen molar-refractivity contribution in [3.05, 3.63) is 64.7 Å². The maximum atomic E-state index is 13.7. The number of rotatable bonds is 6. The molecule has 0 aromatic heterocycles. The van der Waals surface area contributed by atoms with Crippen LogP contribution in [0.25, 0.3) is 0 Å². The van der Waals surface area contributed by atoms with Crippen LogP contribution in [0.15, 0.2) is 36.4 Å². The van der Waals surface area contributed by atoms with E-state index in [1.54, 1.807) is 11.9 Å². The monoisotopic (exact) mass is 332 g/mol. The van der Waals surface area contributed by atoms with Crippen LogP contribution in [0.3, 0.4) is 0 Å². The minimum Gasteiger partial charge on any atom is -0.324 e. The van der Waals surface area contributed by atoms with Crippen molar-refractivity contribution in [2.24, 2.45) is 0 Å². The number of halogens is 2. The van der Waals surface area contributed by atoms with E-state index >= 15 is 0 Å². The Kier molecular flexibility index (Phi) is 6.04.